The normalized spacial score (nSPS) is 15.8. The summed E-state index contributed by atoms with van der Waals surface area (Å²) in [5, 5.41) is 8.12. The maximum atomic E-state index is 13.9. The fraction of sp³-hybridized carbons (Fsp3) is 0.345. The van der Waals surface area contributed by atoms with Gasteiger partial charge in [0.1, 0.15) is 0 Å². The predicted molar refractivity (Wildman–Crippen MR) is 157 cm³/mol. The van der Waals surface area contributed by atoms with Crippen molar-refractivity contribution in [3.8, 4) is 40.0 Å². The second kappa shape index (κ2) is 11.4. The number of amides is 1. The molecule has 0 radical (unpaired) electrons. The van der Waals surface area contributed by atoms with Gasteiger partial charge < -0.3 is 29.0 Å². The van der Waals surface area contributed by atoms with E-state index in [9.17, 15) is 13.2 Å². The predicted octanol–water partition coefficient (Wildman–Crippen LogP) is 4.06. The molecule has 5 rings (SSSR count). The number of nitrogens with one attached hydrogen (secondary N) is 1. The molecule has 1 unspecified atom stereocenters. The highest BCUT2D eigenvalue weighted by molar-refractivity contribution is 7.91. The first kappa shape index (κ1) is 29.0. The fourth-order valence-corrected chi connectivity index (χ4v) is 6.90. The molecule has 2 aromatic carbocycles. The molecule has 1 N–H and O–H groups in total. The number of carbonyl (C=O) groups is 1. The van der Waals surface area contributed by atoms with Crippen molar-refractivity contribution in [3.05, 3.63) is 47.7 Å². The lowest BCUT2D eigenvalue weighted by molar-refractivity contribution is 0.102. The summed E-state index contributed by atoms with van der Waals surface area (Å²) >= 11 is 0. The molecule has 3 heterocycles. The molecule has 1 amide bonds. The van der Waals surface area contributed by atoms with Crippen LogP contribution < -0.4 is 29.0 Å². The minimum absolute atomic E-state index is 0.0432. The number of pyridine rings is 1. The number of nitrogens with zero attached hydrogens (tertiary/aromatic N) is 3. The first-order valence-corrected chi connectivity index (χ1v) is 14.9. The molecule has 1 aliphatic rings. The van der Waals surface area contributed by atoms with Gasteiger partial charge in [-0.2, -0.15) is 5.10 Å². The monoisotopic (exact) mass is 596 g/mol. The molecule has 1 saturated heterocycles. The number of benzene rings is 2. The van der Waals surface area contributed by atoms with Crippen LogP contribution in [0.2, 0.25) is 0 Å². The number of aromatic nitrogens is 3. The van der Waals surface area contributed by atoms with Gasteiger partial charge >= 0.3 is 0 Å². The number of hydrogen-bond acceptors (Lipinski definition) is 10. The van der Waals surface area contributed by atoms with E-state index in [0.29, 0.717) is 74.4 Å². The summed E-state index contributed by atoms with van der Waals surface area (Å²) < 4.78 is 53.4. The quantitative estimate of drug-likeness (QED) is 0.301. The molecule has 42 heavy (non-hydrogen) atoms. The maximum absolute atomic E-state index is 13.9. The van der Waals surface area contributed by atoms with E-state index in [1.54, 1.807) is 49.0 Å². The number of rotatable bonds is 9. The third kappa shape index (κ3) is 5.27. The highest BCUT2D eigenvalue weighted by Gasteiger charge is 2.32. The van der Waals surface area contributed by atoms with Crippen molar-refractivity contribution in [1.82, 2.24) is 14.8 Å². The lowest BCUT2D eigenvalue weighted by Gasteiger charge is -2.16. The topological polar surface area (TPSA) is 140 Å². The van der Waals surface area contributed by atoms with Crippen molar-refractivity contribution in [2.24, 2.45) is 0 Å². The number of ether oxygens (including phenoxy) is 5. The van der Waals surface area contributed by atoms with E-state index in [1.807, 2.05) is 6.07 Å². The van der Waals surface area contributed by atoms with Gasteiger partial charge in [0.15, 0.2) is 38.5 Å². The van der Waals surface area contributed by atoms with Crippen LogP contribution in [0.15, 0.2) is 36.4 Å². The molecule has 222 valence electrons. The van der Waals surface area contributed by atoms with Crippen LogP contribution in [0.25, 0.3) is 22.3 Å². The Morgan fingerprint density at radius 3 is 2.14 bits per heavy atom. The average Bonchev–Trinajstić information content (AvgIpc) is 3.53. The molecule has 0 saturated carbocycles. The number of sulfone groups is 1. The summed E-state index contributed by atoms with van der Waals surface area (Å²) in [4.78, 5) is 18.8. The molecule has 1 fully saturated rings. The van der Waals surface area contributed by atoms with Gasteiger partial charge in [0, 0.05) is 23.4 Å². The molecule has 12 nitrogen and oxygen atoms in total. The van der Waals surface area contributed by atoms with Crippen LogP contribution >= 0.6 is 0 Å². The Morgan fingerprint density at radius 2 is 1.57 bits per heavy atom. The second-order valence-electron chi connectivity index (χ2n) is 9.78. The van der Waals surface area contributed by atoms with Gasteiger partial charge in [-0.05, 0) is 37.6 Å². The van der Waals surface area contributed by atoms with Crippen molar-refractivity contribution in [1.29, 1.82) is 0 Å². The van der Waals surface area contributed by atoms with E-state index >= 15 is 0 Å². The minimum atomic E-state index is -3.20. The molecular weight excluding hydrogens is 564 g/mol. The Balaban J connectivity index is 1.67. The van der Waals surface area contributed by atoms with Crippen LogP contribution in [0.1, 0.15) is 28.5 Å². The molecule has 1 atom stereocenters. The fourth-order valence-electron chi connectivity index (χ4n) is 5.21. The Kier molecular flexibility index (Phi) is 7.87. The second-order valence-corrected chi connectivity index (χ2v) is 12.0. The zero-order valence-electron chi connectivity index (χ0n) is 24.2. The van der Waals surface area contributed by atoms with E-state index < -0.39 is 21.8 Å². The summed E-state index contributed by atoms with van der Waals surface area (Å²) in [6.07, 6.45) is 0.411. The van der Waals surface area contributed by atoms with Gasteiger partial charge in [0.05, 0.1) is 75.4 Å². The van der Waals surface area contributed by atoms with Crippen LogP contribution in [0.4, 0.5) is 5.69 Å². The molecule has 4 aromatic rings. The van der Waals surface area contributed by atoms with Crippen LogP contribution in [0, 0.1) is 6.92 Å². The summed E-state index contributed by atoms with van der Waals surface area (Å²) in [5.74, 6) is 1.78. The molecule has 1 aliphatic heterocycles. The standard InChI is InChI=1S/C29H32N4O8S/c1-16-26-20(29(34)30-18-12-24(39-4)27(41-6)25(13-18)40-5)14-21(17-7-8-22(37-2)23(11-17)38-3)31-28(26)33(32-16)19-9-10-42(35,36)15-19/h7-8,11-14,19H,9-10,15H2,1-6H3,(H,30,34). The van der Waals surface area contributed by atoms with E-state index in [1.165, 1.54) is 28.4 Å². The first-order chi connectivity index (χ1) is 20.1. The lowest BCUT2D eigenvalue weighted by atomic mass is 10.0. The summed E-state index contributed by atoms with van der Waals surface area (Å²) in [6, 6.07) is 9.87. The van der Waals surface area contributed by atoms with Crippen molar-refractivity contribution >= 4 is 32.5 Å². The maximum Gasteiger partial charge on any atom is 0.256 e. The van der Waals surface area contributed by atoms with E-state index in [0.717, 1.165) is 0 Å². The van der Waals surface area contributed by atoms with Gasteiger partial charge in [-0.25, -0.2) is 18.1 Å². The SMILES string of the molecule is COc1ccc(-c2cc(C(=O)Nc3cc(OC)c(OC)c(OC)c3)c3c(C)nn(C4CCS(=O)(=O)C4)c3n2)cc1OC. The van der Waals surface area contributed by atoms with Crippen LogP contribution in [-0.4, -0.2) is 76.1 Å². The third-order valence-corrected chi connectivity index (χ3v) is 8.99. The summed E-state index contributed by atoms with van der Waals surface area (Å²) in [6.45, 7) is 1.77. The number of aryl methyl sites for hydroxylation is 1. The van der Waals surface area contributed by atoms with Gasteiger partial charge in [0.2, 0.25) is 5.75 Å². The van der Waals surface area contributed by atoms with Gasteiger partial charge in [-0.3, -0.25) is 4.79 Å². The van der Waals surface area contributed by atoms with Gasteiger partial charge in [-0.1, -0.05) is 0 Å². The van der Waals surface area contributed by atoms with Gasteiger partial charge in [-0.15, -0.1) is 0 Å². The number of carbonyl (C=O) groups excluding carboxylic acids is 1. The average molecular weight is 597 g/mol. The van der Waals surface area contributed by atoms with E-state index in [2.05, 4.69) is 10.4 Å². The number of methoxy groups -OCH3 is 5. The molecular formula is C29H32N4O8S. The zero-order valence-corrected chi connectivity index (χ0v) is 25.0. The molecule has 13 heteroatoms. The Morgan fingerprint density at radius 1 is 0.905 bits per heavy atom. The number of anilines is 1. The van der Waals surface area contributed by atoms with Crippen molar-refractivity contribution in [2.75, 3.05) is 52.4 Å². The molecule has 0 aliphatic carbocycles. The number of hydrogen-bond donors (Lipinski definition) is 1. The van der Waals surface area contributed by atoms with Crippen molar-refractivity contribution < 1.29 is 36.9 Å². The largest absolute Gasteiger partial charge is 0.493 e. The molecule has 2 aromatic heterocycles. The summed E-state index contributed by atoms with van der Waals surface area (Å²) in [7, 11) is 4.36. The van der Waals surface area contributed by atoms with Crippen LogP contribution in [0.5, 0.6) is 28.7 Å². The summed E-state index contributed by atoms with van der Waals surface area (Å²) in [5.41, 5.74) is 2.83. The van der Waals surface area contributed by atoms with Crippen molar-refractivity contribution in [2.45, 2.75) is 19.4 Å². The third-order valence-electron chi connectivity index (χ3n) is 7.24. The van der Waals surface area contributed by atoms with Crippen LogP contribution in [0.3, 0.4) is 0 Å². The van der Waals surface area contributed by atoms with Crippen molar-refractivity contribution in [3.63, 3.8) is 0 Å². The smallest absolute Gasteiger partial charge is 0.256 e. The minimum Gasteiger partial charge on any atom is -0.493 e. The highest BCUT2D eigenvalue weighted by Crippen LogP contribution is 2.41. The van der Waals surface area contributed by atoms with Crippen LogP contribution in [-0.2, 0) is 9.84 Å². The van der Waals surface area contributed by atoms with Gasteiger partial charge in [0.25, 0.3) is 5.91 Å². The Hall–Kier alpha value is -4.52. The number of fused-ring (bicyclic) bond motifs is 1. The molecule has 0 spiro atoms. The highest BCUT2D eigenvalue weighted by atomic mass is 32.2. The molecule has 0 bridgehead atoms. The Bertz CT molecular complexity index is 1760. The lowest BCUT2D eigenvalue weighted by Crippen LogP contribution is -2.15. The Labute approximate surface area is 243 Å². The van der Waals surface area contributed by atoms with E-state index in [-0.39, 0.29) is 11.5 Å². The first-order valence-electron chi connectivity index (χ1n) is 13.1. The van der Waals surface area contributed by atoms with E-state index in [4.69, 9.17) is 28.7 Å². The zero-order chi connectivity index (χ0) is 30.2.